The van der Waals surface area contributed by atoms with Gasteiger partial charge in [0.25, 0.3) is 0 Å². The maximum atomic E-state index is 11.9. The topological polar surface area (TPSA) is 83.1 Å². The highest BCUT2D eigenvalue weighted by Gasteiger charge is 2.25. The molecule has 0 heterocycles. The molecular formula is C17H25NO6. The van der Waals surface area contributed by atoms with Gasteiger partial charge in [-0.1, -0.05) is 12.1 Å². The van der Waals surface area contributed by atoms with Gasteiger partial charge in [-0.25, -0.2) is 9.59 Å². The Morgan fingerprint density at radius 2 is 1.75 bits per heavy atom. The van der Waals surface area contributed by atoms with Crippen LogP contribution in [0.1, 0.15) is 26.3 Å². The summed E-state index contributed by atoms with van der Waals surface area (Å²) < 4.78 is 20.0. The highest BCUT2D eigenvalue weighted by molar-refractivity contribution is 5.81. The van der Waals surface area contributed by atoms with Crippen LogP contribution in [-0.2, 0) is 25.4 Å². The molecule has 0 radical (unpaired) electrons. The van der Waals surface area contributed by atoms with E-state index < -0.39 is 23.7 Å². The third-order valence-electron chi connectivity index (χ3n) is 2.88. The van der Waals surface area contributed by atoms with Crippen molar-refractivity contribution in [1.82, 2.24) is 5.32 Å². The van der Waals surface area contributed by atoms with E-state index in [1.54, 1.807) is 45.0 Å². The van der Waals surface area contributed by atoms with Crippen molar-refractivity contribution < 1.29 is 28.5 Å². The summed E-state index contributed by atoms with van der Waals surface area (Å²) in [6, 6.07) is 6.29. The molecule has 0 saturated heterocycles. The van der Waals surface area contributed by atoms with Gasteiger partial charge < -0.3 is 24.3 Å². The average Bonchev–Trinajstić information content (AvgIpc) is 2.51. The second kappa shape index (κ2) is 9.12. The fraction of sp³-hybridized carbons (Fsp3) is 0.529. The van der Waals surface area contributed by atoms with Gasteiger partial charge in [-0.2, -0.15) is 0 Å². The number of amides is 1. The van der Waals surface area contributed by atoms with E-state index in [9.17, 15) is 9.59 Å². The second-order valence-electron chi connectivity index (χ2n) is 6.12. The molecule has 0 aliphatic carbocycles. The highest BCUT2D eigenvalue weighted by Crippen LogP contribution is 2.14. The number of alkyl carbamates (subject to hydrolysis) is 1. The van der Waals surface area contributed by atoms with Gasteiger partial charge in [0.1, 0.15) is 17.4 Å². The summed E-state index contributed by atoms with van der Waals surface area (Å²) in [4.78, 5) is 23.8. The van der Waals surface area contributed by atoms with Crippen LogP contribution in [0.25, 0.3) is 0 Å². The van der Waals surface area contributed by atoms with Crippen LogP contribution in [0.5, 0.6) is 5.75 Å². The summed E-state index contributed by atoms with van der Waals surface area (Å²) in [5.41, 5.74) is 0.191. The smallest absolute Gasteiger partial charge is 0.408 e. The predicted octanol–water partition coefficient (Wildman–Crippen LogP) is 2.28. The van der Waals surface area contributed by atoms with Crippen LogP contribution in [-0.4, -0.2) is 44.7 Å². The van der Waals surface area contributed by atoms with Crippen molar-refractivity contribution in [3.05, 3.63) is 29.8 Å². The number of carbonyl (C=O) groups excluding carboxylic acids is 2. The molecule has 7 nitrogen and oxygen atoms in total. The first-order valence-corrected chi connectivity index (χ1v) is 7.53. The third-order valence-corrected chi connectivity index (χ3v) is 2.88. The fourth-order valence-corrected chi connectivity index (χ4v) is 1.87. The molecule has 1 N–H and O–H groups in total. The molecule has 134 valence electrons. The van der Waals surface area contributed by atoms with Gasteiger partial charge in [0.2, 0.25) is 0 Å². The number of rotatable bonds is 7. The van der Waals surface area contributed by atoms with Gasteiger partial charge in [-0.3, -0.25) is 0 Å². The molecule has 0 spiro atoms. The minimum Gasteiger partial charge on any atom is -0.468 e. The van der Waals surface area contributed by atoms with E-state index in [4.69, 9.17) is 18.9 Å². The molecule has 0 fully saturated rings. The van der Waals surface area contributed by atoms with E-state index in [1.165, 1.54) is 14.2 Å². The van der Waals surface area contributed by atoms with E-state index in [0.29, 0.717) is 5.75 Å². The summed E-state index contributed by atoms with van der Waals surface area (Å²) >= 11 is 0. The first kappa shape index (κ1) is 19.8. The van der Waals surface area contributed by atoms with E-state index in [0.717, 1.165) is 5.56 Å². The molecular weight excluding hydrogens is 314 g/mol. The molecule has 0 unspecified atom stereocenters. The number of methoxy groups -OCH3 is 2. The van der Waals surface area contributed by atoms with Crippen molar-refractivity contribution in [2.45, 2.75) is 38.8 Å². The van der Waals surface area contributed by atoms with Crippen LogP contribution in [0.3, 0.4) is 0 Å². The van der Waals surface area contributed by atoms with Crippen LogP contribution in [0.2, 0.25) is 0 Å². The number of benzene rings is 1. The molecule has 1 rings (SSSR count). The Bertz CT molecular complexity index is 535. The zero-order valence-electron chi connectivity index (χ0n) is 14.8. The molecule has 0 aliphatic heterocycles. The zero-order valence-corrected chi connectivity index (χ0v) is 14.8. The number of nitrogens with one attached hydrogen (secondary N) is 1. The normalized spacial score (nSPS) is 12.2. The number of hydrogen-bond donors (Lipinski definition) is 1. The van der Waals surface area contributed by atoms with E-state index in [-0.39, 0.29) is 13.2 Å². The lowest BCUT2D eigenvalue weighted by atomic mass is 10.1. The molecule has 1 atom stereocenters. The van der Waals surface area contributed by atoms with Crippen LogP contribution < -0.4 is 10.1 Å². The van der Waals surface area contributed by atoms with Crippen molar-refractivity contribution in [2.75, 3.05) is 21.0 Å². The fourth-order valence-electron chi connectivity index (χ4n) is 1.87. The second-order valence-corrected chi connectivity index (χ2v) is 6.12. The molecule has 0 saturated carbocycles. The zero-order chi connectivity index (χ0) is 18.2. The molecule has 0 aromatic heterocycles. The highest BCUT2D eigenvalue weighted by atomic mass is 16.7. The molecule has 1 aromatic rings. The van der Waals surface area contributed by atoms with Crippen LogP contribution >= 0.6 is 0 Å². The molecule has 1 aromatic carbocycles. The quantitative estimate of drug-likeness (QED) is 0.606. The molecule has 0 aliphatic rings. The van der Waals surface area contributed by atoms with E-state index in [1.807, 2.05) is 0 Å². The maximum Gasteiger partial charge on any atom is 0.408 e. The monoisotopic (exact) mass is 339 g/mol. The van der Waals surface area contributed by atoms with Gasteiger partial charge in [0, 0.05) is 13.5 Å². The Kier molecular flexibility index (Phi) is 7.51. The molecule has 0 bridgehead atoms. The molecule has 24 heavy (non-hydrogen) atoms. The summed E-state index contributed by atoms with van der Waals surface area (Å²) in [6.07, 6.45) is -0.394. The van der Waals surface area contributed by atoms with Crippen molar-refractivity contribution in [3.63, 3.8) is 0 Å². The number of carbonyl (C=O) groups is 2. The SMILES string of the molecule is COCOc1ccc(C[C@H](NC(=O)OC(C)(C)C)C(=O)OC)cc1. The van der Waals surface area contributed by atoms with Crippen LogP contribution in [0.15, 0.2) is 24.3 Å². The third kappa shape index (κ3) is 7.32. The summed E-state index contributed by atoms with van der Waals surface area (Å²) in [6.45, 7) is 5.40. The summed E-state index contributed by atoms with van der Waals surface area (Å²) in [7, 11) is 2.81. The summed E-state index contributed by atoms with van der Waals surface area (Å²) in [5.74, 6) is 0.107. The lowest BCUT2D eigenvalue weighted by Crippen LogP contribution is -2.45. The van der Waals surface area contributed by atoms with Gasteiger partial charge in [-0.15, -0.1) is 0 Å². The molecule has 7 heteroatoms. The number of esters is 1. The van der Waals surface area contributed by atoms with Crippen LogP contribution in [0, 0.1) is 0 Å². The first-order valence-electron chi connectivity index (χ1n) is 7.53. The van der Waals surface area contributed by atoms with Gasteiger partial charge >= 0.3 is 12.1 Å². The Balaban J connectivity index is 2.72. The minimum atomic E-state index is -0.837. The van der Waals surface area contributed by atoms with Gasteiger partial charge in [-0.05, 0) is 38.5 Å². The Hall–Kier alpha value is -2.28. The van der Waals surface area contributed by atoms with Gasteiger partial charge in [0.15, 0.2) is 6.79 Å². The molecule has 1 amide bonds. The van der Waals surface area contributed by atoms with Gasteiger partial charge in [0.05, 0.1) is 7.11 Å². The van der Waals surface area contributed by atoms with Crippen LogP contribution in [0.4, 0.5) is 4.79 Å². The minimum absolute atomic E-state index is 0.157. The average molecular weight is 339 g/mol. The number of hydrogen-bond acceptors (Lipinski definition) is 6. The predicted molar refractivity (Wildman–Crippen MR) is 87.8 cm³/mol. The van der Waals surface area contributed by atoms with Crippen molar-refractivity contribution in [1.29, 1.82) is 0 Å². The summed E-state index contributed by atoms with van der Waals surface area (Å²) in [5, 5.41) is 2.53. The van der Waals surface area contributed by atoms with Crippen molar-refractivity contribution >= 4 is 12.1 Å². The number of ether oxygens (including phenoxy) is 4. The van der Waals surface area contributed by atoms with E-state index >= 15 is 0 Å². The first-order chi connectivity index (χ1) is 11.2. The standard InChI is InChI=1S/C17H25NO6/c1-17(2,3)24-16(20)18-14(15(19)22-5)10-12-6-8-13(9-7-12)23-11-21-4/h6-9,14H,10-11H2,1-5H3,(H,18,20)/t14-/m0/s1. The largest absolute Gasteiger partial charge is 0.468 e. The lowest BCUT2D eigenvalue weighted by molar-refractivity contribution is -0.143. The maximum absolute atomic E-state index is 11.9. The Morgan fingerprint density at radius 3 is 2.25 bits per heavy atom. The van der Waals surface area contributed by atoms with E-state index in [2.05, 4.69) is 5.32 Å². The lowest BCUT2D eigenvalue weighted by Gasteiger charge is -2.22. The Morgan fingerprint density at radius 1 is 1.12 bits per heavy atom. The Labute approximate surface area is 142 Å². The van der Waals surface area contributed by atoms with Crippen molar-refractivity contribution in [2.24, 2.45) is 0 Å². The van der Waals surface area contributed by atoms with Crippen molar-refractivity contribution in [3.8, 4) is 5.75 Å².